The minimum absolute atomic E-state index is 0.119. The average Bonchev–Trinajstić information content (AvgIpc) is 2.49. The van der Waals surface area contributed by atoms with Crippen molar-refractivity contribution in [1.82, 2.24) is 5.32 Å². The van der Waals surface area contributed by atoms with Crippen LogP contribution in [0.1, 0.15) is 37.5 Å². The number of urea groups is 1. The van der Waals surface area contributed by atoms with E-state index in [0.717, 1.165) is 12.1 Å². The Morgan fingerprint density at radius 2 is 1.65 bits per heavy atom. The summed E-state index contributed by atoms with van der Waals surface area (Å²) in [5.41, 5.74) is 4.71. The highest BCUT2D eigenvalue weighted by Gasteiger charge is 2.13. The molecule has 0 bridgehead atoms. The molecule has 23 heavy (non-hydrogen) atoms. The molecule has 2 N–H and O–H groups in total. The zero-order valence-corrected chi connectivity index (χ0v) is 14.4. The minimum Gasteiger partial charge on any atom is -0.338 e. The van der Waals surface area contributed by atoms with E-state index >= 15 is 0 Å². The van der Waals surface area contributed by atoms with Gasteiger partial charge in [-0.2, -0.15) is 0 Å². The Kier molecular flexibility index (Phi) is 5.43. The lowest BCUT2D eigenvalue weighted by Crippen LogP contribution is -2.30. The third-order valence-corrected chi connectivity index (χ3v) is 3.95. The van der Waals surface area contributed by atoms with Crippen LogP contribution in [0, 0.1) is 6.92 Å². The van der Waals surface area contributed by atoms with Crippen LogP contribution < -0.4 is 10.6 Å². The molecule has 0 atom stereocenters. The second-order valence-corrected chi connectivity index (χ2v) is 6.88. The van der Waals surface area contributed by atoms with Gasteiger partial charge in [0.2, 0.25) is 0 Å². The van der Waals surface area contributed by atoms with Crippen LogP contribution in [-0.4, -0.2) is 12.6 Å². The summed E-state index contributed by atoms with van der Waals surface area (Å²) in [6.07, 6.45) is 0.836. The molecular weight excluding hydrogens is 284 g/mol. The smallest absolute Gasteiger partial charge is 0.319 e. The molecular formula is C20H26N2O. The number of hydrogen-bond donors (Lipinski definition) is 2. The van der Waals surface area contributed by atoms with Gasteiger partial charge in [0.05, 0.1) is 0 Å². The van der Waals surface area contributed by atoms with E-state index in [9.17, 15) is 4.79 Å². The fourth-order valence-electron chi connectivity index (χ4n) is 2.43. The van der Waals surface area contributed by atoms with E-state index in [1.54, 1.807) is 0 Å². The molecule has 0 fully saturated rings. The van der Waals surface area contributed by atoms with Gasteiger partial charge in [-0.3, -0.25) is 0 Å². The molecule has 0 radical (unpaired) electrons. The summed E-state index contributed by atoms with van der Waals surface area (Å²) in [6.45, 7) is 9.23. The van der Waals surface area contributed by atoms with Gasteiger partial charge in [-0.25, -0.2) is 4.79 Å². The van der Waals surface area contributed by atoms with E-state index in [2.05, 4.69) is 62.6 Å². The Hall–Kier alpha value is -2.29. The summed E-state index contributed by atoms with van der Waals surface area (Å²) in [7, 11) is 0. The maximum atomic E-state index is 11.9. The Labute approximate surface area is 139 Å². The first-order valence-corrected chi connectivity index (χ1v) is 8.06. The van der Waals surface area contributed by atoms with Crippen LogP contribution in [0.25, 0.3) is 0 Å². The van der Waals surface area contributed by atoms with E-state index in [1.165, 1.54) is 16.7 Å². The summed E-state index contributed by atoms with van der Waals surface area (Å²) in [6, 6.07) is 16.1. The average molecular weight is 310 g/mol. The molecule has 0 aliphatic heterocycles. The van der Waals surface area contributed by atoms with Gasteiger partial charge in [0.15, 0.2) is 0 Å². The van der Waals surface area contributed by atoms with Gasteiger partial charge in [-0.1, -0.05) is 57.2 Å². The zero-order chi connectivity index (χ0) is 16.9. The van der Waals surface area contributed by atoms with Crippen LogP contribution in [0.5, 0.6) is 0 Å². The molecule has 0 spiro atoms. The predicted molar refractivity (Wildman–Crippen MR) is 97.0 cm³/mol. The highest BCUT2D eigenvalue weighted by molar-refractivity contribution is 5.89. The van der Waals surface area contributed by atoms with Crippen molar-refractivity contribution in [2.24, 2.45) is 0 Å². The van der Waals surface area contributed by atoms with Crippen molar-refractivity contribution in [1.29, 1.82) is 0 Å². The van der Waals surface area contributed by atoms with Crippen molar-refractivity contribution in [2.45, 2.75) is 39.5 Å². The maximum absolute atomic E-state index is 11.9. The zero-order valence-electron chi connectivity index (χ0n) is 14.4. The van der Waals surface area contributed by atoms with Gasteiger partial charge >= 0.3 is 6.03 Å². The van der Waals surface area contributed by atoms with Crippen molar-refractivity contribution >= 4 is 11.7 Å². The normalized spacial score (nSPS) is 11.1. The lowest BCUT2D eigenvalue weighted by atomic mass is 9.87. The number of anilines is 1. The number of benzene rings is 2. The third kappa shape index (κ3) is 5.13. The molecule has 3 heteroatoms. The van der Waals surface area contributed by atoms with E-state index in [0.29, 0.717) is 6.54 Å². The van der Waals surface area contributed by atoms with E-state index in [-0.39, 0.29) is 11.4 Å². The first-order valence-electron chi connectivity index (χ1n) is 8.06. The lowest BCUT2D eigenvalue weighted by Gasteiger charge is -2.19. The molecule has 0 saturated heterocycles. The molecule has 0 heterocycles. The quantitative estimate of drug-likeness (QED) is 0.847. The number of hydrogen-bond acceptors (Lipinski definition) is 1. The molecule has 2 rings (SSSR count). The SMILES string of the molecule is Cc1ccccc1CCNC(=O)Nc1ccc(C(C)(C)C)cc1. The molecule has 122 valence electrons. The number of nitrogens with one attached hydrogen (secondary N) is 2. The molecule has 3 nitrogen and oxygen atoms in total. The second kappa shape index (κ2) is 7.32. The summed E-state index contributed by atoms with van der Waals surface area (Å²) in [5.74, 6) is 0. The molecule has 0 aromatic heterocycles. The highest BCUT2D eigenvalue weighted by atomic mass is 16.2. The minimum atomic E-state index is -0.165. The molecule has 2 aromatic rings. The standard InChI is InChI=1S/C20H26N2O/c1-15-7-5-6-8-16(15)13-14-21-19(23)22-18-11-9-17(10-12-18)20(2,3)4/h5-12H,13-14H2,1-4H3,(H2,21,22,23). The topological polar surface area (TPSA) is 41.1 Å². The van der Waals surface area contributed by atoms with Crippen LogP contribution in [0.4, 0.5) is 10.5 Å². The van der Waals surface area contributed by atoms with Crippen molar-refractivity contribution in [3.63, 3.8) is 0 Å². The third-order valence-electron chi connectivity index (χ3n) is 3.95. The van der Waals surface area contributed by atoms with Gasteiger partial charge < -0.3 is 10.6 Å². The summed E-state index contributed by atoms with van der Waals surface area (Å²) in [4.78, 5) is 11.9. The Morgan fingerprint density at radius 1 is 1.00 bits per heavy atom. The van der Waals surface area contributed by atoms with E-state index < -0.39 is 0 Å². The van der Waals surface area contributed by atoms with Crippen LogP contribution in [0.2, 0.25) is 0 Å². The molecule has 0 aliphatic carbocycles. The highest BCUT2D eigenvalue weighted by Crippen LogP contribution is 2.23. The Balaban J connectivity index is 1.82. The molecule has 2 aromatic carbocycles. The predicted octanol–water partition coefficient (Wildman–Crippen LogP) is 4.66. The number of amides is 2. The second-order valence-electron chi connectivity index (χ2n) is 6.88. The van der Waals surface area contributed by atoms with Crippen LogP contribution in [0.15, 0.2) is 48.5 Å². The number of carbonyl (C=O) groups is 1. The number of aryl methyl sites for hydroxylation is 1. The summed E-state index contributed by atoms with van der Waals surface area (Å²) < 4.78 is 0. The lowest BCUT2D eigenvalue weighted by molar-refractivity contribution is 0.252. The Bertz CT molecular complexity index is 654. The largest absolute Gasteiger partial charge is 0.338 e. The first kappa shape index (κ1) is 17.1. The van der Waals surface area contributed by atoms with Crippen LogP contribution in [-0.2, 0) is 11.8 Å². The fourth-order valence-corrected chi connectivity index (χ4v) is 2.43. The van der Waals surface area contributed by atoms with Crippen molar-refractivity contribution < 1.29 is 4.79 Å². The maximum Gasteiger partial charge on any atom is 0.319 e. The summed E-state index contributed by atoms with van der Waals surface area (Å²) in [5, 5.41) is 5.77. The molecule has 0 aliphatic rings. The van der Waals surface area contributed by atoms with Gasteiger partial charge in [-0.15, -0.1) is 0 Å². The fraction of sp³-hybridized carbons (Fsp3) is 0.350. The molecule has 0 unspecified atom stereocenters. The molecule has 0 saturated carbocycles. The van der Waals surface area contributed by atoms with Crippen molar-refractivity contribution in [3.05, 3.63) is 65.2 Å². The monoisotopic (exact) mass is 310 g/mol. The Morgan fingerprint density at radius 3 is 2.26 bits per heavy atom. The van der Waals surface area contributed by atoms with Gasteiger partial charge in [0, 0.05) is 12.2 Å². The van der Waals surface area contributed by atoms with Crippen molar-refractivity contribution in [2.75, 3.05) is 11.9 Å². The van der Waals surface area contributed by atoms with Crippen molar-refractivity contribution in [3.8, 4) is 0 Å². The van der Waals surface area contributed by atoms with Gasteiger partial charge in [0.25, 0.3) is 0 Å². The van der Waals surface area contributed by atoms with E-state index in [1.807, 2.05) is 24.3 Å². The number of carbonyl (C=O) groups excluding carboxylic acids is 1. The number of rotatable bonds is 4. The van der Waals surface area contributed by atoms with Gasteiger partial charge in [0.1, 0.15) is 0 Å². The van der Waals surface area contributed by atoms with Crippen LogP contribution >= 0.6 is 0 Å². The first-order chi connectivity index (χ1) is 10.9. The van der Waals surface area contributed by atoms with E-state index in [4.69, 9.17) is 0 Å². The molecule has 2 amide bonds. The van der Waals surface area contributed by atoms with Crippen LogP contribution in [0.3, 0.4) is 0 Å². The van der Waals surface area contributed by atoms with Gasteiger partial charge in [-0.05, 0) is 47.6 Å². The summed E-state index contributed by atoms with van der Waals surface area (Å²) >= 11 is 0.